The van der Waals surface area contributed by atoms with Crippen LogP contribution in [0.5, 0.6) is 0 Å². The summed E-state index contributed by atoms with van der Waals surface area (Å²) in [6.07, 6.45) is 0. The van der Waals surface area contributed by atoms with Crippen LogP contribution >= 0.6 is 23.1 Å². The summed E-state index contributed by atoms with van der Waals surface area (Å²) in [7, 11) is 0. The maximum absolute atomic E-state index is 14.0. The fraction of sp³-hybridized carbons (Fsp3) is 0.0556. The minimum Gasteiger partial charge on any atom is -0.206 e. The summed E-state index contributed by atoms with van der Waals surface area (Å²) in [5.74, 6) is -1.42. The van der Waals surface area contributed by atoms with Gasteiger partial charge < -0.3 is 0 Å². The lowest BCUT2D eigenvalue weighted by Gasteiger charge is -2.03. The first-order chi connectivity index (χ1) is 11.1. The fourth-order valence-corrected chi connectivity index (χ4v) is 3.61. The number of rotatable bonds is 3. The van der Waals surface area contributed by atoms with Crippen LogP contribution in [0.1, 0.15) is 5.56 Å². The summed E-state index contributed by atoms with van der Waals surface area (Å²) in [6, 6.07) is 14.5. The molecule has 1 aromatic heterocycles. The van der Waals surface area contributed by atoms with Crippen molar-refractivity contribution >= 4 is 23.1 Å². The van der Waals surface area contributed by atoms with E-state index in [1.165, 1.54) is 29.0 Å². The third kappa shape index (κ3) is 3.29. The van der Waals surface area contributed by atoms with E-state index in [4.69, 9.17) is 5.26 Å². The molecule has 5 heteroatoms. The van der Waals surface area contributed by atoms with Crippen LogP contribution in [-0.2, 0) is 0 Å². The van der Waals surface area contributed by atoms with Gasteiger partial charge in [0.05, 0.1) is 4.90 Å². The van der Waals surface area contributed by atoms with Crippen molar-refractivity contribution in [3.05, 3.63) is 65.7 Å². The minimum atomic E-state index is -0.711. The molecule has 0 aliphatic heterocycles. The van der Waals surface area contributed by atoms with E-state index >= 15 is 0 Å². The van der Waals surface area contributed by atoms with Crippen LogP contribution in [0.4, 0.5) is 8.78 Å². The van der Waals surface area contributed by atoms with Crippen molar-refractivity contribution in [2.24, 2.45) is 0 Å². The van der Waals surface area contributed by atoms with E-state index in [-0.39, 0.29) is 4.90 Å². The SMILES string of the molecule is Cc1ccc(-c2ccc(-c3cc(F)c(SC#N)c(F)c3)s2)cc1. The van der Waals surface area contributed by atoms with Crippen molar-refractivity contribution in [2.45, 2.75) is 11.8 Å². The van der Waals surface area contributed by atoms with Crippen LogP contribution in [0, 0.1) is 29.2 Å². The topological polar surface area (TPSA) is 23.8 Å². The van der Waals surface area contributed by atoms with Crippen LogP contribution in [0.2, 0.25) is 0 Å². The van der Waals surface area contributed by atoms with Crippen molar-refractivity contribution in [1.82, 2.24) is 0 Å². The molecule has 0 radical (unpaired) electrons. The first-order valence-corrected chi connectivity index (χ1v) is 8.44. The van der Waals surface area contributed by atoms with Gasteiger partial charge in [0.25, 0.3) is 0 Å². The number of thiophene rings is 1. The molecule has 1 heterocycles. The zero-order valence-corrected chi connectivity index (χ0v) is 13.8. The van der Waals surface area contributed by atoms with Crippen molar-refractivity contribution in [2.75, 3.05) is 0 Å². The monoisotopic (exact) mass is 343 g/mol. The first-order valence-electron chi connectivity index (χ1n) is 6.80. The van der Waals surface area contributed by atoms with Crippen molar-refractivity contribution in [1.29, 1.82) is 5.26 Å². The Balaban J connectivity index is 1.97. The van der Waals surface area contributed by atoms with E-state index in [1.54, 1.807) is 5.40 Å². The maximum Gasteiger partial charge on any atom is 0.141 e. The van der Waals surface area contributed by atoms with Crippen molar-refractivity contribution in [3.8, 4) is 26.3 Å². The van der Waals surface area contributed by atoms with E-state index in [0.29, 0.717) is 17.3 Å². The lowest BCUT2D eigenvalue weighted by atomic mass is 10.1. The van der Waals surface area contributed by atoms with Crippen molar-refractivity contribution in [3.63, 3.8) is 0 Å². The van der Waals surface area contributed by atoms with Gasteiger partial charge in [-0.1, -0.05) is 29.8 Å². The average molecular weight is 343 g/mol. The van der Waals surface area contributed by atoms with Crippen LogP contribution in [0.25, 0.3) is 20.9 Å². The van der Waals surface area contributed by atoms with Gasteiger partial charge in [0.15, 0.2) is 0 Å². The summed E-state index contributed by atoms with van der Waals surface area (Å²) in [5, 5.41) is 10.3. The molecular weight excluding hydrogens is 332 g/mol. The minimum absolute atomic E-state index is 0.258. The molecule has 3 rings (SSSR count). The molecule has 0 amide bonds. The Morgan fingerprint density at radius 2 is 1.48 bits per heavy atom. The molecule has 2 aromatic carbocycles. The van der Waals surface area contributed by atoms with Gasteiger partial charge in [-0.2, -0.15) is 5.26 Å². The second-order valence-corrected chi connectivity index (χ2v) is 6.87. The molecule has 23 heavy (non-hydrogen) atoms. The van der Waals surface area contributed by atoms with Gasteiger partial charge in [-0.05, 0) is 54.1 Å². The van der Waals surface area contributed by atoms with E-state index in [2.05, 4.69) is 0 Å². The number of aryl methyl sites for hydroxylation is 1. The Hall–Kier alpha value is -2.16. The first kappa shape index (κ1) is 15.7. The molecule has 0 aliphatic rings. The molecule has 114 valence electrons. The fourth-order valence-electron chi connectivity index (χ4n) is 2.21. The Bertz CT molecular complexity index is 869. The second kappa shape index (κ2) is 6.53. The molecule has 0 bridgehead atoms. The molecule has 0 spiro atoms. The molecule has 0 fully saturated rings. The number of benzene rings is 2. The highest BCUT2D eigenvalue weighted by Gasteiger charge is 2.14. The quantitative estimate of drug-likeness (QED) is 0.415. The molecule has 0 saturated carbocycles. The van der Waals surface area contributed by atoms with Gasteiger partial charge in [-0.15, -0.1) is 11.3 Å². The lowest BCUT2D eigenvalue weighted by molar-refractivity contribution is 0.542. The largest absolute Gasteiger partial charge is 0.206 e. The van der Waals surface area contributed by atoms with Crippen LogP contribution in [-0.4, -0.2) is 0 Å². The predicted molar refractivity (Wildman–Crippen MR) is 91.3 cm³/mol. The summed E-state index contributed by atoms with van der Waals surface area (Å²) in [6.45, 7) is 2.02. The Morgan fingerprint density at radius 3 is 2.04 bits per heavy atom. The third-order valence-corrected chi connectivity index (χ3v) is 5.24. The maximum atomic E-state index is 14.0. The molecule has 0 unspecified atom stereocenters. The van der Waals surface area contributed by atoms with Gasteiger partial charge >= 0.3 is 0 Å². The number of halogens is 2. The van der Waals surface area contributed by atoms with Gasteiger partial charge in [0.2, 0.25) is 0 Å². The molecule has 0 N–H and O–H groups in total. The van der Waals surface area contributed by atoms with Crippen LogP contribution < -0.4 is 0 Å². The zero-order chi connectivity index (χ0) is 16.4. The molecular formula is C18H11F2NS2. The van der Waals surface area contributed by atoms with E-state index in [9.17, 15) is 8.78 Å². The molecule has 1 nitrogen and oxygen atoms in total. The van der Waals surface area contributed by atoms with Gasteiger partial charge in [-0.25, -0.2) is 8.78 Å². The second-order valence-electron chi connectivity index (χ2n) is 4.99. The highest BCUT2D eigenvalue weighted by molar-refractivity contribution is 8.03. The smallest absolute Gasteiger partial charge is 0.141 e. The number of hydrogen-bond acceptors (Lipinski definition) is 3. The van der Waals surface area contributed by atoms with E-state index in [1.807, 2.05) is 43.3 Å². The van der Waals surface area contributed by atoms with Crippen molar-refractivity contribution < 1.29 is 8.78 Å². The summed E-state index contributed by atoms with van der Waals surface area (Å²) in [4.78, 5) is 1.56. The number of hydrogen-bond donors (Lipinski definition) is 0. The highest BCUT2D eigenvalue weighted by atomic mass is 32.2. The Morgan fingerprint density at radius 1 is 0.913 bits per heavy atom. The summed E-state index contributed by atoms with van der Waals surface area (Å²) in [5.41, 5.74) is 2.73. The number of thioether (sulfide) groups is 1. The standard InChI is InChI=1S/C18H11F2NS2/c1-11-2-4-12(5-3-11)16-6-7-17(23-16)13-8-14(19)18(22-10-21)15(20)9-13/h2-9H,1H3. The Kier molecular flexibility index (Phi) is 4.46. The Labute approximate surface area is 141 Å². The van der Waals surface area contributed by atoms with Gasteiger partial charge in [0.1, 0.15) is 17.0 Å². The van der Waals surface area contributed by atoms with Crippen LogP contribution in [0.15, 0.2) is 53.4 Å². The lowest BCUT2D eigenvalue weighted by Crippen LogP contribution is -1.88. The highest BCUT2D eigenvalue weighted by Crippen LogP contribution is 2.37. The van der Waals surface area contributed by atoms with Gasteiger partial charge in [-0.3, -0.25) is 0 Å². The average Bonchev–Trinajstić information content (AvgIpc) is 3.01. The summed E-state index contributed by atoms with van der Waals surface area (Å²) >= 11 is 1.97. The van der Waals surface area contributed by atoms with Crippen LogP contribution in [0.3, 0.4) is 0 Å². The normalized spacial score (nSPS) is 10.5. The zero-order valence-electron chi connectivity index (χ0n) is 12.1. The predicted octanol–water partition coefficient (Wildman–Crippen LogP) is 6.24. The number of thiocyanates is 1. The molecule has 0 aliphatic carbocycles. The third-order valence-electron chi connectivity index (χ3n) is 3.37. The summed E-state index contributed by atoms with van der Waals surface area (Å²) < 4.78 is 27.9. The van der Waals surface area contributed by atoms with E-state index < -0.39 is 11.6 Å². The van der Waals surface area contributed by atoms with E-state index in [0.717, 1.165) is 15.3 Å². The molecule has 0 saturated heterocycles. The molecule has 3 aromatic rings. The molecule has 0 atom stereocenters. The number of nitrogens with zero attached hydrogens (tertiary/aromatic N) is 1. The van der Waals surface area contributed by atoms with Gasteiger partial charge in [0, 0.05) is 9.75 Å². The number of nitriles is 1.